The van der Waals surface area contributed by atoms with E-state index in [0.717, 1.165) is 31.3 Å². The molecule has 1 N–H and O–H groups in total. The van der Waals surface area contributed by atoms with Crippen LogP contribution in [-0.2, 0) is 17.8 Å². The van der Waals surface area contributed by atoms with Crippen molar-refractivity contribution in [2.45, 2.75) is 37.8 Å². The van der Waals surface area contributed by atoms with Crippen LogP contribution in [0.5, 0.6) is 0 Å². The van der Waals surface area contributed by atoms with Crippen LogP contribution in [0.1, 0.15) is 30.1 Å². The van der Waals surface area contributed by atoms with Crippen molar-refractivity contribution in [1.29, 1.82) is 0 Å². The summed E-state index contributed by atoms with van der Waals surface area (Å²) >= 11 is 0. The summed E-state index contributed by atoms with van der Waals surface area (Å²) < 4.78 is 28.8. The molecule has 0 spiro atoms. The molecule has 4 rings (SSSR count). The molecule has 0 radical (unpaired) electrons. The highest BCUT2D eigenvalue weighted by atomic mass is 19.1. The Labute approximate surface area is 132 Å². The molecule has 1 amide bonds. The molecule has 0 bridgehead atoms. The van der Waals surface area contributed by atoms with Crippen molar-refractivity contribution in [3.05, 3.63) is 53.6 Å². The molecule has 3 atom stereocenters. The van der Waals surface area contributed by atoms with Crippen LogP contribution in [-0.4, -0.2) is 21.5 Å². The van der Waals surface area contributed by atoms with Crippen molar-refractivity contribution in [3.8, 4) is 0 Å². The van der Waals surface area contributed by atoms with Gasteiger partial charge in [-0.3, -0.25) is 4.79 Å². The van der Waals surface area contributed by atoms with Gasteiger partial charge >= 0.3 is 0 Å². The summed E-state index contributed by atoms with van der Waals surface area (Å²) in [6, 6.07) is 3.65. The molecule has 120 valence electrons. The third-order valence-electron chi connectivity index (χ3n) is 4.77. The number of fused-ring (bicyclic) bond motifs is 1. The van der Waals surface area contributed by atoms with Gasteiger partial charge in [0.05, 0.1) is 0 Å². The lowest BCUT2D eigenvalue weighted by atomic mass is 10.1. The van der Waals surface area contributed by atoms with Gasteiger partial charge in [0, 0.05) is 43.4 Å². The predicted octanol–water partition coefficient (Wildman–Crippen LogP) is 2.40. The Morgan fingerprint density at radius 2 is 2.22 bits per heavy atom. The number of carbonyl (C=O) groups excluding carboxylic acids is 1. The second-order valence-corrected chi connectivity index (χ2v) is 6.35. The lowest BCUT2D eigenvalue weighted by Crippen LogP contribution is -2.41. The second-order valence-electron chi connectivity index (χ2n) is 6.35. The zero-order chi connectivity index (χ0) is 16.0. The maximum Gasteiger partial charge on any atom is 0.224 e. The van der Waals surface area contributed by atoms with Crippen LogP contribution in [0.2, 0.25) is 0 Å². The number of nitrogens with one attached hydrogen (secondary N) is 1. The normalized spacial score (nSPS) is 25.7. The number of carbonyl (C=O) groups is 1. The first kappa shape index (κ1) is 14.4. The first-order chi connectivity index (χ1) is 11.1. The standard InChI is InChI=1S/C17H17F2N3O/c18-10-1-3-12(15(19)7-10)13-8-14(13)17(23)21-11-2-4-16-20-5-6-22(16)9-11/h1,3,5-7,11,13-14H,2,4,8-9H2,(H,21,23)/t11-,13+,14+/m1/s1. The molecule has 23 heavy (non-hydrogen) atoms. The molecule has 1 aromatic carbocycles. The zero-order valence-corrected chi connectivity index (χ0v) is 12.5. The van der Waals surface area contributed by atoms with E-state index in [0.29, 0.717) is 12.0 Å². The van der Waals surface area contributed by atoms with Crippen molar-refractivity contribution >= 4 is 5.91 Å². The molecule has 1 fully saturated rings. The zero-order valence-electron chi connectivity index (χ0n) is 12.5. The van der Waals surface area contributed by atoms with Gasteiger partial charge in [0.25, 0.3) is 0 Å². The van der Waals surface area contributed by atoms with E-state index in [9.17, 15) is 13.6 Å². The molecule has 2 heterocycles. The molecule has 2 aliphatic rings. The summed E-state index contributed by atoms with van der Waals surface area (Å²) in [4.78, 5) is 16.6. The van der Waals surface area contributed by atoms with E-state index in [2.05, 4.69) is 14.9 Å². The van der Waals surface area contributed by atoms with Crippen LogP contribution >= 0.6 is 0 Å². The molecular formula is C17H17F2N3O. The van der Waals surface area contributed by atoms with Crippen LogP contribution in [0.15, 0.2) is 30.6 Å². The molecule has 0 saturated heterocycles. The fourth-order valence-corrected chi connectivity index (χ4v) is 3.42. The Bertz CT molecular complexity index is 758. The van der Waals surface area contributed by atoms with E-state index >= 15 is 0 Å². The third-order valence-corrected chi connectivity index (χ3v) is 4.77. The number of hydrogen-bond donors (Lipinski definition) is 1. The minimum absolute atomic E-state index is 0.0349. The molecule has 1 aliphatic carbocycles. The maximum absolute atomic E-state index is 13.8. The van der Waals surface area contributed by atoms with Gasteiger partial charge in [0.1, 0.15) is 17.5 Å². The number of halogens is 2. The molecule has 2 aromatic rings. The average molecular weight is 317 g/mol. The van der Waals surface area contributed by atoms with E-state index in [1.165, 1.54) is 12.1 Å². The van der Waals surface area contributed by atoms with E-state index in [-0.39, 0.29) is 23.8 Å². The summed E-state index contributed by atoms with van der Waals surface area (Å²) in [6.45, 7) is 0.726. The highest BCUT2D eigenvalue weighted by Crippen LogP contribution is 2.48. The van der Waals surface area contributed by atoms with Crippen molar-refractivity contribution < 1.29 is 13.6 Å². The smallest absolute Gasteiger partial charge is 0.224 e. The van der Waals surface area contributed by atoms with Gasteiger partial charge in [-0.2, -0.15) is 0 Å². The molecule has 6 heteroatoms. The number of hydrogen-bond acceptors (Lipinski definition) is 2. The molecular weight excluding hydrogens is 300 g/mol. The number of aryl methyl sites for hydroxylation is 1. The van der Waals surface area contributed by atoms with Gasteiger partial charge in [0.15, 0.2) is 0 Å². The van der Waals surface area contributed by atoms with E-state index in [4.69, 9.17) is 0 Å². The number of amides is 1. The van der Waals surface area contributed by atoms with E-state index in [1.54, 1.807) is 6.20 Å². The number of nitrogens with zero attached hydrogens (tertiary/aromatic N) is 2. The second kappa shape index (κ2) is 5.44. The van der Waals surface area contributed by atoms with Gasteiger partial charge in [-0.15, -0.1) is 0 Å². The minimum Gasteiger partial charge on any atom is -0.351 e. The highest BCUT2D eigenvalue weighted by Gasteiger charge is 2.45. The summed E-state index contributed by atoms with van der Waals surface area (Å²) in [7, 11) is 0. The quantitative estimate of drug-likeness (QED) is 0.945. The van der Waals surface area contributed by atoms with Crippen LogP contribution < -0.4 is 5.32 Å². The molecule has 1 saturated carbocycles. The summed E-state index contributed by atoms with van der Waals surface area (Å²) in [5.41, 5.74) is 0.437. The van der Waals surface area contributed by atoms with Crippen molar-refractivity contribution in [2.24, 2.45) is 5.92 Å². The van der Waals surface area contributed by atoms with Gasteiger partial charge in [-0.25, -0.2) is 13.8 Å². The van der Waals surface area contributed by atoms with Gasteiger partial charge in [0.2, 0.25) is 5.91 Å². The molecule has 1 aliphatic heterocycles. The maximum atomic E-state index is 13.8. The third kappa shape index (κ3) is 2.73. The van der Waals surface area contributed by atoms with Crippen LogP contribution in [0, 0.1) is 17.6 Å². The average Bonchev–Trinajstić information content (AvgIpc) is 3.17. The lowest BCUT2D eigenvalue weighted by Gasteiger charge is -2.24. The Morgan fingerprint density at radius 3 is 3.04 bits per heavy atom. The largest absolute Gasteiger partial charge is 0.351 e. The van der Waals surface area contributed by atoms with Gasteiger partial charge < -0.3 is 9.88 Å². The van der Waals surface area contributed by atoms with Crippen LogP contribution in [0.4, 0.5) is 8.78 Å². The predicted molar refractivity (Wildman–Crippen MR) is 79.7 cm³/mol. The van der Waals surface area contributed by atoms with Gasteiger partial charge in [-0.1, -0.05) is 6.07 Å². The fraction of sp³-hybridized carbons (Fsp3) is 0.412. The number of imidazole rings is 1. The Hall–Kier alpha value is -2.24. The van der Waals surface area contributed by atoms with E-state index in [1.807, 2.05) is 6.20 Å². The number of aromatic nitrogens is 2. The number of benzene rings is 1. The Morgan fingerprint density at radius 1 is 1.35 bits per heavy atom. The molecule has 1 aromatic heterocycles. The summed E-state index contributed by atoms with van der Waals surface area (Å²) in [5, 5.41) is 3.06. The van der Waals surface area contributed by atoms with Crippen LogP contribution in [0.3, 0.4) is 0 Å². The minimum atomic E-state index is -0.591. The fourth-order valence-electron chi connectivity index (χ4n) is 3.42. The number of rotatable bonds is 3. The molecule has 4 nitrogen and oxygen atoms in total. The Kier molecular flexibility index (Phi) is 3.39. The SMILES string of the molecule is O=C(N[C@@H]1CCc2nccn2C1)[C@H]1C[C@H]1c1ccc(F)cc1F. The summed E-state index contributed by atoms with van der Waals surface area (Å²) in [5.74, 6) is -0.486. The first-order valence-corrected chi connectivity index (χ1v) is 7.87. The first-order valence-electron chi connectivity index (χ1n) is 7.87. The Balaban J connectivity index is 1.38. The van der Waals surface area contributed by atoms with Gasteiger partial charge in [-0.05, 0) is 30.4 Å². The molecule has 0 unspecified atom stereocenters. The highest BCUT2D eigenvalue weighted by molar-refractivity contribution is 5.83. The summed E-state index contributed by atoms with van der Waals surface area (Å²) in [6.07, 6.45) is 6.02. The van der Waals surface area contributed by atoms with Crippen LogP contribution in [0.25, 0.3) is 0 Å². The van der Waals surface area contributed by atoms with Crippen molar-refractivity contribution in [1.82, 2.24) is 14.9 Å². The van der Waals surface area contributed by atoms with Crippen molar-refractivity contribution in [2.75, 3.05) is 0 Å². The monoisotopic (exact) mass is 317 g/mol. The van der Waals surface area contributed by atoms with E-state index < -0.39 is 11.6 Å². The van der Waals surface area contributed by atoms with Crippen molar-refractivity contribution in [3.63, 3.8) is 0 Å². The topological polar surface area (TPSA) is 46.9 Å². The lowest BCUT2D eigenvalue weighted by molar-refractivity contribution is -0.123.